The number of phosphoric ester groups is 1. The predicted molar refractivity (Wildman–Crippen MR) is 316 cm³/mol. The van der Waals surface area contributed by atoms with E-state index in [9.17, 15) is 19.0 Å². The first kappa shape index (κ1) is 71.5. The Morgan fingerprint density at radius 3 is 1.30 bits per heavy atom. The van der Waals surface area contributed by atoms with Crippen molar-refractivity contribution in [2.45, 2.75) is 283 Å². The molecule has 0 bridgehead atoms. The molecule has 0 aromatic heterocycles. The zero-order chi connectivity index (χ0) is 54.3. The number of hydrogen-bond acceptors (Lipinski definition) is 7. The summed E-state index contributed by atoms with van der Waals surface area (Å²) in [6.07, 6.45) is 69.0. The number of quaternary nitrogens is 1. The molecule has 0 aliphatic heterocycles. The fourth-order valence-electron chi connectivity index (χ4n) is 8.69. The van der Waals surface area contributed by atoms with Crippen molar-refractivity contribution < 1.29 is 37.3 Å². The number of phosphoric acid groups is 1. The fraction of sp³-hybridized carbons (Fsp3) is 0.781. The quantitative estimate of drug-likeness (QED) is 0.0212. The Labute approximate surface area is 457 Å². The standard InChI is InChI=1S/C64H117N2O7P/c1-7-10-13-16-19-22-25-27-29-31-32-33-34-35-37-39-42-45-48-51-54-57-64(68)73-62(55-52-49-46-43-40-24-21-18-15-12-9-3)61(60-72-74(69,70)71-59-58-66(4,5)6)65-63(67)56-53-50-47-44-41-38-36-30-28-26-23-20-17-14-11-8-2/h11,14,20,23,28,30,38,41,47,50,52,55,61-62H,7-10,12-13,15-19,21-22,24-27,29,31-37,39-40,42-46,48-49,51,53-54,56-60H2,1-6H3,(H-,65,67,69,70)/b14-11+,23-20+,30-28+,41-38+,50-47+,55-52+. The lowest BCUT2D eigenvalue weighted by atomic mass is 10.0. The fourth-order valence-corrected chi connectivity index (χ4v) is 9.41. The monoisotopic (exact) mass is 1060 g/mol. The van der Waals surface area contributed by atoms with Crippen molar-refractivity contribution in [1.82, 2.24) is 5.32 Å². The normalized spacial score (nSPS) is 14.2. The minimum Gasteiger partial charge on any atom is -0.756 e. The number of carbonyl (C=O) groups is 2. The topological polar surface area (TPSA) is 114 Å². The van der Waals surface area contributed by atoms with Gasteiger partial charge in [0, 0.05) is 12.8 Å². The Morgan fingerprint density at radius 2 is 0.878 bits per heavy atom. The molecule has 0 aliphatic carbocycles. The average Bonchev–Trinajstić information content (AvgIpc) is 3.36. The van der Waals surface area contributed by atoms with Gasteiger partial charge in [0.1, 0.15) is 19.3 Å². The van der Waals surface area contributed by atoms with Gasteiger partial charge < -0.3 is 28.5 Å². The molecule has 0 rings (SSSR count). The molecule has 0 aromatic carbocycles. The summed E-state index contributed by atoms with van der Waals surface area (Å²) in [6.45, 7) is 6.68. The summed E-state index contributed by atoms with van der Waals surface area (Å²) < 4.78 is 30.2. The third kappa shape index (κ3) is 54.2. The summed E-state index contributed by atoms with van der Waals surface area (Å²) in [5, 5.41) is 2.97. The lowest BCUT2D eigenvalue weighted by molar-refractivity contribution is -0.870. The van der Waals surface area contributed by atoms with E-state index in [0.29, 0.717) is 17.4 Å². The second-order valence-electron chi connectivity index (χ2n) is 21.8. The number of likely N-dealkylation sites (N-methyl/N-ethyl adjacent to an activating group) is 1. The zero-order valence-corrected chi connectivity index (χ0v) is 49.9. The van der Waals surface area contributed by atoms with Crippen LogP contribution in [0.1, 0.15) is 271 Å². The van der Waals surface area contributed by atoms with Crippen molar-refractivity contribution >= 4 is 19.7 Å². The van der Waals surface area contributed by atoms with E-state index in [1.165, 1.54) is 161 Å². The van der Waals surface area contributed by atoms with Crippen molar-refractivity contribution in [3.63, 3.8) is 0 Å². The van der Waals surface area contributed by atoms with Crippen molar-refractivity contribution in [2.75, 3.05) is 40.9 Å². The van der Waals surface area contributed by atoms with Gasteiger partial charge in [-0.15, -0.1) is 0 Å². The second kappa shape index (κ2) is 53.8. The van der Waals surface area contributed by atoms with Crippen LogP contribution in [0.4, 0.5) is 0 Å². The molecule has 0 aliphatic rings. The highest BCUT2D eigenvalue weighted by molar-refractivity contribution is 7.45. The smallest absolute Gasteiger partial charge is 0.306 e. The van der Waals surface area contributed by atoms with Gasteiger partial charge >= 0.3 is 5.97 Å². The van der Waals surface area contributed by atoms with Crippen LogP contribution in [0.25, 0.3) is 0 Å². The molecule has 1 amide bonds. The summed E-state index contributed by atoms with van der Waals surface area (Å²) >= 11 is 0. The summed E-state index contributed by atoms with van der Waals surface area (Å²) in [4.78, 5) is 39.9. The SMILES string of the molecule is CC/C=C/C/C=C/C/C=C/C/C=C/C/C=C/CCC(=O)NC(COP(=O)([O-])OCC[N+](C)(C)C)C(/C=C/CCCCCCCCCCC)OC(=O)CCCCCCCCCCCCCCCCCCCCCCC. The van der Waals surface area contributed by atoms with Gasteiger partial charge in [-0.05, 0) is 63.9 Å². The van der Waals surface area contributed by atoms with Crippen molar-refractivity contribution in [3.8, 4) is 0 Å². The lowest BCUT2D eigenvalue weighted by Crippen LogP contribution is -2.47. The van der Waals surface area contributed by atoms with Crippen molar-refractivity contribution in [3.05, 3.63) is 72.9 Å². The first-order valence-electron chi connectivity index (χ1n) is 30.7. The van der Waals surface area contributed by atoms with Crippen LogP contribution < -0.4 is 10.2 Å². The highest BCUT2D eigenvalue weighted by Crippen LogP contribution is 2.38. The lowest BCUT2D eigenvalue weighted by Gasteiger charge is -2.30. The third-order valence-electron chi connectivity index (χ3n) is 13.4. The van der Waals surface area contributed by atoms with Crippen LogP contribution in [0.3, 0.4) is 0 Å². The zero-order valence-electron chi connectivity index (χ0n) is 49.0. The van der Waals surface area contributed by atoms with E-state index < -0.39 is 26.6 Å². The summed E-state index contributed by atoms with van der Waals surface area (Å²) in [5.74, 6) is -0.633. The van der Waals surface area contributed by atoms with E-state index in [1.54, 1.807) is 0 Å². The number of nitrogens with zero attached hydrogens (tertiary/aromatic N) is 1. The van der Waals surface area contributed by atoms with E-state index in [2.05, 4.69) is 74.7 Å². The Morgan fingerprint density at radius 1 is 0.486 bits per heavy atom. The van der Waals surface area contributed by atoms with Gasteiger partial charge in [0.25, 0.3) is 7.82 Å². The first-order chi connectivity index (χ1) is 35.9. The Kier molecular flexibility index (Phi) is 52.0. The molecule has 0 radical (unpaired) electrons. The minimum atomic E-state index is -4.72. The number of allylic oxidation sites excluding steroid dienone is 11. The van der Waals surface area contributed by atoms with Gasteiger partial charge in [0.2, 0.25) is 5.91 Å². The molecule has 0 heterocycles. The first-order valence-corrected chi connectivity index (χ1v) is 32.2. The molecule has 0 saturated carbocycles. The van der Waals surface area contributed by atoms with Crippen molar-refractivity contribution in [2.24, 2.45) is 0 Å². The van der Waals surface area contributed by atoms with E-state index in [-0.39, 0.29) is 31.3 Å². The van der Waals surface area contributed by atoms with Gasteiger partial charge in [0.15, 0.2) is 0 Å². The number of ether oxygens (including phenoxy) is 1. The molecule has 74 heavy (non-hydrogen) atoms. The van der Waals surface area contributed by atoms with Crippen molar-refractivity contribution in [1.29, 1.82) is 0 Å². The van der Waals surface area contributed by atoms with Gasteiger partial charge in [-0.3, -0.25) is 14.2 Å². The molecule has 0 aromatic rings. The Balaban J connectivity index is 5.26. The molecular weight excluding hydrogens is 940 g/mol. The van der Waals surface area contributed by atoms with E-state index in [4.69, 9.17) is 13.8 Å². The molecule has 9 nitrogen and oxygen atoms in total. The number of rotatable bonds is 55. The van der Waals surface area contributed by atoms with Crippen LogP contribution in [-0.2, 0) is 27.9 Å². The molecule has 0 fully saturated rings. The second-order valence-corrected chi connectivity index (χ2v) is 23.2. The third-order valence-corrected chi connectivity index (χ3v) is 14.4. The average molecular weight is 1060 g/mol. The van der Waals surface area contributed by atoms with Gasteiger partial charge in [-0.2, -0.15) is 0 Å². The molecule has 3 atom stereocenters. The molecule has 0 spiro atoms. The van der Waals surface area contributed by atoms with Crippen LogP contribution in [0.15, 0.2) is 72.9 Å². The number of hydrogen-bond donors (Lipinski definition) is 1. The van der Waals surface area contributed by atoms with Gasteiger partial charge in [-0.25, -0.2) is 0 Å². The van der Waals surface area contributed by atoms with E-state index >= 15 is 0 Å². The maximum absolute atomic E-state index is 13.5. The summed E-state index contributed by atoms with van der Waals surface area (Å²) in [5.41, 5.74) is 0. The molecule has 0 saturated heterocycles. The summed E-state index contributed by atoms with van der Waals surface area (Å²) in [7, 11) is 1.14. The molecule has 3 unspecified atom stereocenters. The predicted octanol–water partition coefficient (Wildman–Crippen LogP) is 18.2. The van der Waals surface area contributed by atoms with E-state index in [0.717, 1.165) is 70.6 Å². The number of unbranched alkanes of at least 4 members (excludes halogenated alkanes) is 29. The van der Waals surface area contributed by atoms with E-state index in [1.807, 2.05) is 45.4 Å². The van der Waals surface area contributed by atoms with Crippen LogP contribution in [0.2, 0.25) is 0 Å². The van der Waals surface area contributed by atoms with Crippen LogP contribution in [0.5, 0.6) is 0 Å². The molecular formula is C64H117N2O7P. The van der Waals surface area contributed by atoms with Gasteiger partial charge in [-0.1, -0.05) is 267 Å². The number of carbonyl (C=O) groups excluding carboxylic acids is 2. The Bertz CT molecular complexity index is 1500. The van der Waals surface area contributed by atoms with Crippen LogP contribution >= 0.6 is 7.82 Å². The molecule has 1 N–H and O–H groups in total. The highest BCUT2D eigenvalue weighted by atomic mass is 31.2. The minimum absolute atomic E-state index is 0.0366. The molecule has 430 valence electrons. The highest BCUT2D eigenvalue weighted by Gasteiger charge is 2.27. The summed E-state index contributed by atoms with van der Waals surface area (Å²) in [6, 6.07) is -0.928. The largest absolute Gasteiger partial charge is 0.756 e. The maximum Gasteiger partial charge on any atom is 0.306 e. The van der Waals surface area contributed by atoms with Crippen LogP contribution in [0, 0.1) is 0 Å². The number of nitrogens with one attached hydrogen (secondary N) is 1. The van der Waals surface area contributed by atoms with Crippen LogP contribution in [-0.4, -0.2) is 69.4 Å². The van der Waals surface area contributed by atoms with Gasteiger partial charge in [0.05, 0.1) is 33.8 Å². The Hall–Kier alpha value is -2.55. The number of amides is 1. The molecule has 10 heteroatoms. The maximum atomic E-state index is 13.5. The number of esters is 1.